The van der Waals surface area contributed by atoms with E-state index in [-0.39, 0.29) is 9.34 Å². The van der Waals surface area contributed by atoms with Crippen LogP contribution in [0.25, 0.3) is 0 Å². The lowest BCUT2D eigenvalue weighted by Crippen LogP contribution is -2.28. The van der Waals surface area contributed by atoms with E-state index < -0.39 is 22.5 Å². The number of nitrogen functional groups attached to an aromatic ring is 1. The smallest absolute Gasteiger partial charge is 0.318 e. The molecule has 1 heterocycles. The molecule has 14 heavy (non-hydrogen) atoms. The predicted octanol–water partition coefficient (Wildman–Crippen LogP) is -0.912. The molecule has 4 N–H and O–H groups in total. The Kier molecular flexibility index (Phi) is 3.03. The Morgan fingerprint density at radius 2 is 2.36 bits per heavy atom. The molecule has 1 aromatic heterocycles. The van der Waals surface area contributed by atoms with Crippen molar-refractivity contribution >= 4 is 32.5 Å². The van der Waals surface area contributed by atoms with Gasteiger partial charge in [-0.15, -0.1) is 0 Å². The third-order valence-corrected chi connectivity index (χ3v) is 3.87. The average molecular weight is 237 g/mol. The molecule has 0 saturated heterocycles. The van der Waals surface area contributed by atoms with Gasteiger partial charge in [-0.05, 0) is 0 Å². The summed E-state index contributed by atoms with van der Waals surface area (Å²) in [5.74, 6) is -1.26. The van der Waals surface area contributed by atoms with Crippen molar-refractivity contribution in [3.8, 4) is 0 Å². The van der Waals surface area contributed by atoms with Gasteiger partial charge in [0, 0.05) is 0 Å². The number of aromatic nitrogens is 1. The lowest BCUT2D eigenvalue weighted by molar-refractivity contribution is -0.135. The average Bonchev–Trinajstić information content (AvgIpc) is 2.49. The highest BCUT2D eigenvalue weighted by atomic mass is 32.2. The molecule has 78 valence electrons. The van der Waals surface area contributed by atoms with E-state index in [1.165, 1.54) is 0 Å². The number of nitrogens with one attached hydrogen (secondary N) is 1. The van der Waals surface area contributed by atoms with Gasteiger partial charge in [0.2, 0.25) is 0 Å². The molecule has 7 nitrogen and oxygen atoms in total. The molecule has 0 aliphatic heterocycles. The minimum absolute atomic E-state index is 0.101. The van der Waals surface area contributed by atoms with E-state index in [0.29, 0.717) is 0 Å². The molecule has 0 aliphatic rings. The van der Waals surface area contributed by atoms with Gasteiger partial charge in [-0.25, -0.2) is 13.4 Å². The summed E-state index contributed by atoms with van der Waals surface area (Å²) in [6.45, 7) is -0.667. The number of rotatable bonds is 4. The van der Waals surface area contributed by atoms with Crippen LogP contribution >= 0.6 is 11.3 Å². The third-order valence-electron chi connectivity index (χ3n) is 1.18. The minimum atomic E-state index is -3.79. The van der Waals surface area contributed by atoms with Gasteiger partial charge in [0.1, 0.15) is 6.54 Å². The van der Waals surface area contributed by atoms with E-state index >= 15 is 0 Å². The molecule has 0 fully saturated rings. The molecule has 0 spiro atoms. The fourth-order valence-electron chi connectivity index (χ4n) is 0.624. The van der Waals surface area contributed by atoms with E-state index in [0.717, 1.165) is 17.5 Å². The van der Waals surface area contributed by atoms with Gasteiger partial charge in [-0.1, -0.05) is 11.3 Å². The summed E-state index contributed by atoms with van der Waals surface area (Å²) in [5.41, 5.74) is 5.23. The standard InChI is InChI=1S/C5H7N3O4S2/c6-5-7-2-4(13-5)14(11,12)8-1-3(9)10/h2,8H,1H2,(H2,6,7)(H,9,10). The summed E-state index contributed by atoms with van der Waals surface area (Å²) in [6.07, 6.45) is 1.07. The second kappa shape index (κ2) is 3.90. The van der Waals surface area contributed by atoms with Gasteiger partial charge in [-0.3, -0.25) is 4.79 Å². The first-order chi connectivity index (χ1) is 6.42. The Hall–Kier alpha value is -1.19. The van der Waals surface area contributed by atoms with E-state index in [1.54, 1.807) is 0 Å². The molecule has 0 radical (unpaired) electrons. The van der Waals surface area contributed by atoms with E-state index in [2.05, 4.69) is 4.98 Å². The largest absolute Gasteiger partial charge is 0.480 e. The molecule has 1 rings (SSSR count). The van der Waals surface area contributed by atoms with E-state index in [9.17, 15) is 13.2 Å². The normalized spacial score (nSPS) is 11.4. The molecule has 0 aromatic carbocycles. The van der Waals surface area contributed by atoms with Gasteiger partial charge in [0.25, 0.3) is 10.0 Å². The zero-order chi connectivity index (χ0) is 10.8. The number of carbonyl (C=O) groups is 1. The maximum Gasteiger partial charge on any atom is 0.318 e. The van der Waals surface area contributed by atoms with Crippen molar-refractivity contribution < 1.29 is 18.3 Å². The summed E-state index contributed by atoms with van der Waals surface area (Å²) >= 11 is 0.770. The topological polar surface area (TPSA) is 122 Å². The first-order valence-corrected chi connectivity index (χ1v) is 5.64. The third kappa shape index (κ3) is 2.65. The van der Waals surface area contributed by atoms with Crippen LogP contribution in [0, 0.1) is 0 Å². The molecule has 9 heteroatoms. The van der Waals surface area contributed by atoms with Crippen LogP contribution < -0.4 is 10.5 Å². The number of nitrogens with zero attached hydrogens (tertiary/aromatic N) is 1. The molecule has 0 amide bonds. The second-order valence-corrected chi connectivity index (χ2v) is 5.29. The van der Waals surface area contributed by atoms with Gasteiger partial charge in [-0.2, -0.15) is 4.72 Å². The monoisotopic (exact) mass is 237 g/mol. The van der Waals surface area contributed by atoms with Crippen LogP contribution in [0.2, 0.25) is 0 Å². The lowest BCUT2D eigenvalue weighted by Gasteiger charge is -1.99. The van der Waals surface area contributed by atoms with Crippen LogP contribution in [-0.4, -0.2) is 31.0 Å². The van der Waals surface area contributed by atoms with Crippen molar-refractivity contribution in [3.63, 3.8) is 0 Å². The minimum Gasteiger partial charge on any atom is -0.480 e. The Bertz CT molecular complexity index is 438. The van der Waals surface area contributed by atoms with Crippen molar-refractivity contribution in [2.75, 3.05) is 12.3 Å². The molecule has 0 bridgehead atoms. The maximum absolute atomic E-state index is 11.3. The van der Waals surface area contributed by atoms with Crippen LogP contribution in [0.3, 0.4) is 0 Å². The van der Waals surface area contributed by atoms with Crippen molar-refractivity contribution in [2.24, 2.45) is 0 Å². The summed E-state index contributed by atoms with van der Waals surface area (Å²) in [6, 6.07) is 0. The Balaban J connectivity index is 2.81. The molecule has 0 aliphatic carbocycles. The fourth-order valence-corrected chi connectivity index (χ4v) is 2.56. The molecule has 0 unspecified atom stereocenters. The zero-order valence-electron chi connectivity index (χ0n) is 6.80. The quantitative estimate of drug-likeness (QED) is 0.623. The highest BCUT2D eigenvalue weighted by Crippen LogP contribution is 2.19. The van der Waals surface area contributed by atoms with Crippen LogP contribution in [-0.2, 0) is 14.8 Å². The van der Waals surface area contributed by atoms with Crippen molar-refractivity contribution in [2.45, 2.75) is 4.21 Å². The van der Waals surface area contributed by atoms with Crippen molar-refractivity contribution in [1.29, 1.82) is 0 Å². The van der Waals surface area contributed by atoms with Gasteiger partial charge >= 0.3 is 5.97 Å². The molecule has 1 aromatic rings. The predicted molar refractivity (Wildman–Crippen MR) is 49.4 cm³/mol. The Morgan fingerprint density at radius 3 is 2.79 bits per heavy atom. The molecular formula is C5H7N3O4S2. The molecular weight excluding hydrogens is 230 g/mol. The van der Waals surface area contributed by atoms with Crippen molar-refractivity contribution in [3.05, 3.63) is 6.20 Å². The molecule has 0 saturated carbocycles. The van der Waals surface area contributed by atoms with Crippen LogP contribution in [0.4, 0.5) is 5.13 Å². The van der Waals surface area contributed by atoms with E-state index in [4.69, 9.17) is 10.8 Å². The summed E-state index contributed by atoms with van der Waals surface area (Å²) in [7, 11) is -3.79. The number of thiazole rings is 1. The summed E-state index contributed by atoms with van der Waals surface area (Å²) in [4.78, 5) is 13.7. The van der Waals surface area contributed by atoms with Crippen LogP contribution in [0.1, 0.15) is 0 Å². The second-order valence-electron chi connectivity index (χ2n) is 2.24. The van der Waals surface area contributed by atoms with Gasteiger partial charge in [0.15, 0.2) is 9.34 Å². The van der Waals surface area contributed by atoms with E-state index in [1.807, 2.05) is 4.72 Å². The van der Waals surface area contributed by atoms with Crippen molar-refractivity contribution in [1.82, 2.24) is 9.71 Å². The number of anilines is 1. The van der Waals surface area contributed by atoms with Crippen LogP contribution in [0.5, 0.6) is 0 Å². The number of carboxylic acid groups (broad SMARTS) is 1. The molecule has 0 atom stereocenters. The fraction of sp³-hybridized carbons (Fsp3) is 0.200. The highest BCUT2D eigenvalue weighted by molar-refractivity contribution is 7.91. The van der Waals surface area contributed by atoms with Crippen LogP contribution in [0.15, 0.2) is 10.4 Å². The Morgan fingerprint density at radius 1 is 1.71 bits per heavy atom. The number of aliphatic carboxylic acids is 1. The number of nitrogens with two attached hydrogens (primary N) is 1. The maximum atomic E-state index is 11.3. The van der Waals surface area contributed by atoms with Gasteiger partial charge < -0.3 is 10.8 Å². The van der Waals surface area contributed by atoms with Gasteiger partial charge in [0.05, 0.1) is 6.20 Å². The Labute approximate surface area is 83.6 Å². The number of hydrogen-bond donors (Lipinski definition) is 3. The number of carboxylic acids is 1. The highest BCUT2D eigenvalue weighted by Gasteiger charge is 2.17. The number of sulfonamides is 1. The zero-order valence-corrected chi connectivity index (χ0v) is 8.43. The SMILES string of the molecule is Nc1ncc(S(=O)(=O)NCC(=O)O)s1. The number of hydrogen-bond acceptors (Lipinski definition) is 6. The first kappa shape index (κ1) is 10.9. The lowest BCUT2D eigenvalue weighted by atomic mass is 10.7. The first-order valence-electron chi connectivity index (χ1n) is 3.34. The summed E-state index contributed by atoms with van der Waals surface area (Å²) < 4.78 is 24.4. The summed E-state index contributed by atoms with van der Waals surface area (Å²) in [5, 5.41) is 8.38.